The first kappa shape index (κ1) is 22.9. The fourth-order valence-electron chi connectivity index (χ4n) is 4.42. The summed E-state index contributed by atoms with van der Waals surface area (Å²) >= 11 is 0. The summed E-state index contributed by atoms with van der Waals surface area (Å²) in [4.78, 5) is 30.4. The van der Waals surface area contributed by atoms with Gasteiger partial charge in [0, 0.05) is 57.2 Å². The molecule has 1 aliphatic heterocycles. The first-order chi connectivity index (χ1) is 17.2. The third-order valence-electron chi connectivity index (χ3n) is 6.33. The number of anilines is 2. The number of amides is 1. The van der Waals surface area contributed by atoms with Crippen LogP contribution in [0.2, 0.25) is 0 Å². The van der Waals surface area contributed by atoms with Crippen molar-refractivity contribution in [2.45, 2.75) is 26.3 Å². The SMILES string of the molecule is CCCC(=O)Nc1ccc(-c2ccc3ncc(N4CCN(Cc5cccnc5)CC4)nc3c2)cc1. The number of nitrogens with zero attached hydrogens (tertiary/aromatic N) is 5. The van der Waals surface area contributed by atoms with Gasteiger partial charge in [0.05, 0.1) is 17.2 Å². The zero-order valence-electron chi connectivity index (χ0n) is 20.0. The lowest BCUT2D eigenvalue weighted by Crippen LogP contribution is -2.46. The van der Waals surface area contributed by atoms with Crippen molar-refractivity contribution in [3.05, 3.63) is 78.8 Å². The van der Waals surface area contributed by atoms with Crippen molar-refractivity contribution in [3.63, 3.8) is 0 Å². The van der Waals surface area contributed by atoms with Gasteiger partial charge in [0.1, 0.15) is 5.82 Å². The van der Waals surface area contributed by atoms with Crippen LogP contribution in [-0.4, -0.2) is 51.9 Å². The van der Waals surface area contributed by atoms with E-state index in [1.54, 1.807) is 0 Å². The van der Waals surface area contributed by atoms with Crippen LogP contribution < -0.4 is 10.2 Å². The summed E-state index contributed by atoms with van der Waals surface area (Å²) in [5, 5.41) is 2.94. The van der Waals surface area contributed by atoms with E-state index >= 15 is 0 Å². The highest BCUT2D eigenvalue weighted by atomic mass is 16.1. The molecule has 35 heavy (non-hydrogen) atoms. The Hall–Kier alpha value is -3.84. The Morgan fingerprint density at radius 1 is 0.943 bits per heavy atom. The number of rotatable bonds is 7. The Labute approximate surface area is 205 Å². The van der Waals surface area contributed by atoms with Gasteiger partial charge in [-0.1, -0.05) is 31.2 Å². The van der Waals surface area contributed by atoms with E-state index in [0.29, 0.717) is 6.42 Å². The maximum absolute atomic E-state index is 11.8. The molecule has 2 aromatic heterocycles. The number of piperazine rings is 1. The van der Waals surface area contributed by atoms with Gasteiger partial charge >= 0.3 is 0 Å². The Morgan fingerprint density at radius 2 is 1.74 bits per heavy atom. The molecule has 1 fully saturated rings. The number of benzene rings is 2. The van der Waals surface area contributed by atoms with E-state index in [4.69, 9.17) is 4.98 Å². The van der Waals surface area contributed by atoms with Crippen LogP contribution in [0.15, 0.2) is 73.2 Å². The summed E-state index contributed by atoms with van der Waals surface area (Å²) in [5.41, 5.74) is 6.00. The van der Waals surface area contributed by atoms with Gasteiger partial charge in [0.2, 0.25) is 5.91 Å². The molecule has 5 rings (SSSR count). The van der Waals surface area contributed by atoms with E-state index in [9.17, 15) is 4.79 Å². The largest absolute Gasteiger partial charge is 0.353 e. The predicted molar refractivity (Wildman–Crippen MR) is 140 cm³/mol. The summed E-state index contributed by atoms with van der Waals surface area (Å²) in [7, 11) is 0. The molecule has 0 aliphatic carbocycles. The molecule has 0 radical (unpaired) electrons. The molecule has 0 saturated carbocycles. The summed E-state index contributed by atoms with van der Waals surface area (Å²) in [6.07, 6.45) is 7.01. The van der Waals surface area contributed by atoms with Crippen LogP contribution in [0, 0.1) is 0 Å². The van der Waals surface area contributed by atoms with E-state index in [1.807, 2.05) is 61.9 Å². The minimum absolute atomic E-state index is 0.0478. The van der Waals surface area contributed by atoms with E-state index < -0.39 is 0 Å². The maximum atomic E-state index is 11.8. The van der Waals surface area contributed by atoms with E-state index in [-0.39, 0.29) is 5.91 Å². The topological polar surface area (TPSA) is 74.2 Å². The molecule has 4 aromatic rings. The van der Waals surface area contributed by atoms with Crippen molar-refractivity contribution in [1.82, 2.24) is 19.9 Å². The molecule has 1 amide bonds. The Bertz CT molecular complexity index is 1280. The van der Waals surface area contributed by atoms with Crippen LogP contribution in [-0.2, 0) is 11.3 Å². The number of hydrogen-bond acceptors (Lipinski definition) is 6. The molecule has 0 atom stereocenters. The zero-order valence-corrected chi connectivity index (χ0v) is 20.0. The molecule has 0 spiro atoms. The van der Waals surface area contributed by atoms with E-state index in [1.165, 1.54) is 5.56 Å². The third-order valence-corrected chi connectivity index (χ3v) is 6.33. The van der Waals surface area contributed by atoms with Crippen LogP contribution in [0.5, 0.6) is 0 Å². The molecule has 7 nitrogen and oxygen atoms in total. The highest BCUT2D eigenvalue weighted by Gasteiger charge is 2.19. The fraction of sp³-hybridized carbons (Fsp3) is 0.286. The molecule has 1 N–H and O–H groups in total. The first-order valence-corrected chi connectivity index (χ1v) is 12.2. The maximum Gasteiger partial charge on any atom is 0.224 e. The van der Waals surface area contributed by atoms with Crippen molar-refractivity contribution >= 4 is 28.4 Å². The molecule has 3 heterocycles. The monoisotopic (exact) mass is 466 g/mol. The number of nitrogens with one attached hydrogen (secondary N) is 1. The Kier molecular flexibility index (Phi) is 6.95. The van der Waals surface area contributed by atoms with Crippen molar-refractivity contribution in [3.8, 4) is 11.1 Å². The molecular weight excluding hydrogens is 436 g/mol. The second kappa shape index (κ2) is 10.6. The average molecular weight is 467 g/mol. The standard InChI is InChI=1S/C28H30N6O/c1-2-4-28(35)31-24-9-6-22(7-10-24)23-8-11-25-26(17-23)32-27(19-30-25)34-15-13-33(14-16-34)20-21-5-3-12-29-18-21/h3,5-12,17-19H,2,4,13-16,20H2,1H3,(H,31,35). The molecule has 1 saturated heterocycles. The van der Waals surface area contributed by atoms with E-state index in [0.717, 1.165) is 72.8 Å². The second-order valence-corrected chi connectivity index (χ2v) is 8.93. The molecular formula is C28H30N6O. The van der Waals surface area contributed by atoms with Crippen molar-refractivity contribution < 1.29 is 4.79 Å². The lowest BCUT2D eigenvalue weighted by Gasteiger charge is -2.35. The molecule has 178 valence electrons. The van der Waals surface area contributed by atoms with Crippen LogP contribution in [0.3, 0.4) is 0 Å². The van der Waals surface area contributed by atoms with E-state index in [2.05, 4.69) is 43.3 Å². The van der Waals surface area contributed by atoms with Gasteiger partial charge in [-0.05, 0) is 53.4 Å². The van der Waals surface area contributed by atoms with Gasteiger partial charge in [0.15, 0.2) is 0 Å². The number of aromatic nitrogens is 3. The summed E-state index contributed by atoms with van der Waals surface area (Å²) in [6, 6.07) is 18.2. The zero-order chi connectivity index (χ0) is 24.0. The number of hydrogen-bond donors (Lipinski definition) is 1. The van der Waals surface area contributed by atoms with Crippen LogP contribution in [0.1, 0.15) is 25.3 Å². The summed E-state index contributed by atoms with van der Waals surface area (Å²) in [5.74, 6) is 0.969. The lowest BCUT2D eigenvalue weighted by atomic mass is 10.0. The highest BCUT2D eigenvalue weighted by Crippen LogP contribution is 2.26. The Balaban J connectivity index is 1.27. The van der Waals surface area contributed by atoms with Gasteiger partial charge < -0.3 is 10.2 Å². The van der Waals surface area contributed by atoms with Gasteiger partial charge in [0.25, 0.3) is 0 Å². The number of carbonyl (C=O) groups is 1. The van der Waals surface area contributed by atoms with Crippen LogP contribution in [0.25, 0.3) is 22.2 Å². The average Bonchev–Trinajstić information content (AvgIpc) is 2.90. The lowest BCUT2D eigenvalue weighted by molar-refractivity contribution is -0.116. The van der Waals surface area contributed by atoms with Crippen LogP contribution in [0.4, 0.5) is 11.5 Å². The number of carbonyl (C=O) groups excluding carboxylic acids is 1. The Morgan fingerprint density at radius 3 is 2.49 bits per heavy atom. The normalized spacial score (nSPS) is 14.3. The highest BCUT2D eigenvalue weighted by molar-refractivity contribution is 5.91. The van der Waals surface area contributed by atoms with Crippen molar-refractivity contribution in [2.75, 3.05) is 36.4 Å². The first-order valence-electron chi connectivity index (χ1n) is 12.2. The molecule has 2 aromatic carbocycles. The fourth-order valence-corrected chi connectivity index (χ4v) is 4.42. The molecule has 0 bridgehead atoms. The summed E-state index contributed by atoms with van der Waals surface area (Å²) in [6.45, 7) is 6.73. The van der Waals surface area contributed by atoms with Crippen molar-refractivity contribution in [1.29, 1.82) is 0 Å². The molecule has 1 aliphatic rings. The minimum Gasteiger partial charge on any atom is -0.353 e. The quantitative estimate of drug-likeness (QED) is 0.424. The van der Waals surface area contributed by atoms with Gasteiger partial charge in [-0.15, -0.1) is 0 Å². The molecule has 0 unspecified atom stereocenters. The predicted octanol–water partition coefficient (Wildman–Crippen LogP) is 4.75. The molecule has 7 heteroatoms. The van der Waals surface area contributed by atoms with Gasteiger partial charge in [-0.2, -0.15) is 0 Å². The smallest absolute Gasteiger partial charge is 0.224 e. The second-order valence-electron chi connectivity index (χ2n) is 8.93. The summed E-state index contributed by atoms with van der Waals surface area (Å²) < 4.78 is 0. The third kappa shape index (κ3) is 5.63. The van der Waals surface area contributed by atoms with Gasteiger partial charge in [-0.3, -0.25) is 19.7 Å². The number of pyridine rings is 1. The van der Waals surface area contributed by atoms with Crippen LogP contribution >= 0.6 is 0 Å². The number of fused-ring (bicyclic) bond motifs is 1. The van der Waals surface area contributed by atoms with Crippen molar-refractivity contribution in [2.24, 2.45) is 0 Å². The van der Waals surface area contributed by atoms with Gasteiger partial charge in [-0.25, -0.2) is 4.98 Å². The minimum atomic E-state index is 0.0478.